The highest BCUT2D eigenvalue weighted by Crippen LogP contribution is 2.28. The van der Waals surface area contributed by atoms with Crippen LogP contribution in [-0.2, 0) is 32.6 Å². The minimum atomic E-state index is -4.23. The van der Waals surface area contributed by atoms with Gasteiger partial charge in [0.25, 0.3) is 10.0 Å². The topological polar surface area (TPSA) is 96.0 Å². The molecule has 0 spiro atoms. The van der Waals surface area contributed by atoms with Gasteiger partial charge in [0, 0.05) is 29.1 Å². The van der Waals surface area contributed by atoms with Crippen molar-refractivity contribution in [2.24, 2.45) is 0 Å². The van der Waals surface area contributed by atoms with E-state index in [1.807, 2.05) is 51.1 Å². The maximum atomic E-state index is 14.6. The quantitative estimate of drug-likeness (QED) is 0.152. The molecule has 0 saturated heterocycles. The van der Waals surface area contributed by atoms with Gasteiger partial charge in [0.15, 0.2) is 0 Å². The van der Waals surface area contributed by atoms with Crippen LogP contribution in [0.15, 0.2) is 102 Å². The summed E-state index contributed by atoms with van der Waals surface area (Å²) in [6, 6.07) is 25.9. The van der Waals surface area contributed by atoms with Crippen LogP contribution in [0.4, 0.5) is 5.69 Å². The van der Waals surface area contributed by atoms with Gasteiger partial charge in [0.1, 0.15) is 18.3 Å². The third-order valence-electron chi connectivity index (χ3n) is 7.88. The summed E-state index contributed by atoms with van der Waals surface area (Å²) in [5.41, 5.74) is 2.53. The van der Waals surface area contributed by atoms with Crippen molar-refractivity contribution in [3.8, 4) is 5.75 Å². The van der Waals surface area contributed by atoms with Crippen LogP contribution in [0, 0.1) is 6.92 Å². The van der Waals surface area contributed by atoms with E-state index in [9.17, 15) is 18.0 Å². The summed E-state index contributed by atoms with van der Waals surface area (Å²) in [7, 11) is -2.72. The van der Waals surface area contributed by atoms with Crippen LogP contribution in [0.5, 0.6) is 5.75 Å². The summed E-state index contributed by atoms with van der Waals surface area (Å²) in [6.07, 6.45) is 0.869. The SMILES string of the molecule is CC[C@@H](C)NC(=O)[C@@H](Cc1ccccc1)N(Cc1ccc(Cl)cc1Cl)C(=O)CN(c1ccc(OC)cc1)S(=O)(=O)c1ccc(C)cc1. The van der Waals surface area contributed by atoms with Crippen LogP contribution in [0.25, 0.3) is 0 Å². The number of aryl methyl sites for hydroxylation is 1. The number of amides is 2. The average Bonchev–Trinajstić information content (AvgIpc) is 3.06. The lowest BCUT2D eigenvalue weighted by Crippen LogP contribution is -2.54. The summed E-state index contributed by atoms with van der Waals surface area (Å²) < 4.78 is 34.7. The molecule has 2 amide bonds. The van der Waals surface area contributed by atoms with Crippen LogP contribution in [0.1, 0.15) is 37.0 Å². The Bertz CT molecular complexity index is 1770. The van der Waals surface area contributed by atoms with Crippen molar-refractivity contribution >= 4 is 50.7 Å². The molecule has 0 aliphatic rings. The predicted molar refractivity (Wildman–Crippen MR) is 188 cm³/mol. The second-order valence-electron chi connectivity index (χ2n) is 11.3. The number of halogens is 2. The monoisotopic (exact) mass is 695 g/mol. The van der Waals surface area contributed by atoms with E-state index in [-0.39, 0.29) is 35.5 Å². The second kappa shape index (κ2) is 16.2. The Hall–Kier alpha value is -4.05. The number of methoxy groups -OCH3 is 1. The third kappa shape index (κ3) is 9.28. The summed E-state index contributed by atoms with van der Waals surface area (Å²) in [5.74, 6) is -0.432. The van der Waals surface area contributed by atoms with Gasteiger partial charge in [-0.1, -0.05) is 84.2 Å². The van der Waals surface area contributed by atoms with Crippen molar-refractivity contribution in [1.29, 1.82) is 0 Å². The molecule has 1 N–H and O–H groups in total. The lowest BCUT2D eigenvalue weighted by molar-refractivity contribution is -0.140. The summed E-state index contributed by atoms with van der Waals surface area (Å²) in [4.78, 5) is 30.0. The number of sulfonamides is 1. The fourth-order valence-electron chi connectivity index (χ4n) is 4.94. The zero-order chi connectivity index (χ0) is 34.1. The van der Waals surface area contributed by atoms with E-state index in [0.717, 1.165) is 15.4 Å². The molecule has 0 aliphatic heterocycles. The Balaban J connectivity index is 1.83. The molecule has 0 radical (unpaired) electrons. The van der Waals surface area contributed by atoms with Gasteiger partial charge in [-0.05, 0) is 79.9 Å². The molecule has 248 valence electrons. The van der Waals surface area contributed by atoms with Gasteiger partial charge in [0.05, 0.1) is 17.7 Å². The molecule has 0 aromatic heterocycles. The number of nitrogens with zero attached hydrogens (tertiary/aromatic N) is 2. The minimum absolute atomic E-state index is 0.0226. The van der Waals surface area contributed by atoms with E-state index in [2.05, 4.69) is 5.32 Å². The third-order valence-corrected chi connectivity index (χ3v) is 10.3. The smallest absolute Gasteiger partial charge is 0.264 e. The number of benzene rings is 4. The Morgan fingerprint density at radius 1 is 0.915 bits per heavy atom. The first-order chi connectivity index (χ1) is 22.4. The summed E-state index contributed by atoms with van der Waals surface area (Å²) >= 11 is 12.8. The minimum Gasteiger partial charge on any atom is -0.497 e. The molecule has 4 aromatic rings. The van der Waals surface area contributed by atoms with E-state index in [1.165, 1.54) is 24.1 Å². The highest BCUT2D eigenvalue weighted by atomic mass is 35.5. The number of nitrogens with one attached hydrogen (secondary N) is 1. The molecule has 2 atom stereocenters. The molecule has 0 saturated carbocycles. The maximum absolute atomic E-state index is 14.6. The van der Waals surface area contributed by atoms with Crippen LogP contribution in [0.2, 0.25) is 10.0 Å². The van der Waals surface area contributed by atoms with E-state index in [1.54, 1.807) is 54.6 Å². The molecule has 0 heterocycles. The molecular weight excluding hydrogens is 657 g/mol. The average molecular weight is 697 g/mol. The number of anilines is 1. The first kappa shape index (κ1) is 35.8. The molecule has 47 heavy (non-hydrogen) atoms. The number of hydrogen-bond acceptors (Lipinski definition) is 5. The lowest BCUT2D eigenvalue weighted by Gasteiger charge is -2.34. The van der Waals surface area contributed by atoms with E-state index < -0.39 is 28.5 Å². The molecule has 11 heteroatoms. The highest BCUT2D eigenvalue weighted by Gasteiger charge is 2.35. The fourth-order valence-corrected chi connectivity index (χ4v) is 6.83. The Morgan fingerprint density at radius 2 is 1.57 bits per heavy atom. The van der Waals surface area contributed by atoms with Gasteiger partial charge in [-0.3, -0.25) is 13.9 Å². The number of hydrogen-bond donors (Lipinski definition) is 1. The number of rotatable bonds is 14. The molecule has 0 fully saturated rings. The number of carbonyl (C=O) groups excluding carboxylic acids is 2. The van der Waals surface area contributed by atoms with Gasteiger partial charge in [0.2, 0.25) is 11.8 Å². The van der Waals surface area contributed by atoms with Crippen molar-refractivity contribution in [1.82, 2.24) is 10.2 Å². The zero-order valence-electron chi connectivity index (χ0n) is 26.8. The van der Waals surface area contributed by atoms with E-state index in [0.29, 0.717) is 27.8 Å². The molecule has 4 aromatic carbocycles. The lowest BCUT2D eigenvalue weighted by atomic mass is 10.0. The van der Waals surface area contributed by atoms with Crippen molar-refractivity contribution in [3.05, 3.63) is 124 Å². The zero-order valence-corrected chi connectivity index (χ0v) is 29.1. The summed E-state index contributed by atoms with van der Waals surface area (Å²) in [5, 5.41) is 3.75. The van der Waals surface area contributed by atoms with Gasteiger partial charge >= 0.3 is 0 Å². The predicted octanol–water partition coefficient (Wildman–Crippen LogP) is 7.06. The van der Waals surface area contributed by atoms with Crippen LogP contribution < -0.4 is 14.4 Å². The first-order valence-corrected chi connectivity index (χ1v) is 17.4. The number of carbonyl (C=O) groups is 2. The van der Waals surface area contributed by atoms with Gasteiger partial charge < -0.3 is 15.0 Å². The normalized spacial score (nSPS) is 12.6. The van der Waals surface area contributed by atoms with Crippen LogP contribution in [-0.4, -0.2) is 50.9 Å². The van der Waals surface area contributed by atoms with Crippen molar-refractivity contribution in [2.45, 2.75) is 57.1 Å². The van der Waals surface area contributed by atoms with Gasteiger partial charge in [-0.15, -0.1) is 0 Å². The second-order valence-corrected chi connectivity index (χ2v) is 14.0. The van der Waals surface area contributed by atoms with Crippen LogP contribution >= 0.6 is 23.2 Å². The van der Waals surface area contributed by atoms with Gasteiger partial charge in [-0.2, -0.15) is 0 Å². The van der Waals surface area contributed by atoms with E-state index in [4.69, 9.17) is 27.9 Å². The molecule has 0 bridgehead atoms. The largest absolute Gasteiger partial charge is 0.497 e. The van der Waals surface area contributed by atoms with Crippen molar-refractivity contribution < 1.29 is 22.7 Å². The van der Waals surface area contributed by atoms with Crippen molar-refractivity contribution in [3.63, 3.8) is 0 Å². The first-order valence-electron chi connectivity index (χ1n) is 15.2. The Morgan fingerprint density at radius 3 is 2.17 bits per heavy atom. The Kier molecular flexibility index (Phi) is 12.3. The van der Waals surface area contributed by atoms with E-state index >= 15 is 0 Å². The molecular formula is C36H39Cl2N3O5S. The highest BCUT2D eigenvalue weighted by molar-refractivity contribution is 7.92. The standard InChI is InChI=1S/C36H39Cl2N3O5S/c1-5-26(3)39-36(43)34(21-27-9-7-6-8-10-27)40(23-28-13-14-29(37)22-33(28)38)35(42)24-41(30-15-17-31(46-4)18-16-30)47(44,45)32-19-11-25(2)12-20-32/h6-20,22,26,34H,5,21,23-24H2,1-4H3,(H,39,43)/t26-,34-/m1/s1. The van der Waals surface area contributed by atoms with Crippen LogP contribution in [0.3, 0.4) is 0 Å². The van der Waals surface area contributed by atoms with Gasteiger partial charge in [-0.25, -0.2) is 8.42 Å². The van der Waals surface area contributed by atoms with Crippen molar-refractivity contribution in [2.75, 3.05) is 18.0 Å². The number of ether oxygens (including phenoxy) is 1. The molecule has 4 rings (SSSR count). The molecule has 8 nitrogen and oxygen atoms in total. The fraction of sp³-hybridized carbons (Fsp3) is 0.278. The molecule has 0 aliphatic carbocycles. The maximum Gasteiger partial charge on any atom is 0.264 e. The Labute approximate surface area is 287 Å². The summed E-state index contributed by atoms with van der Waals surface area (Å²) in [6.45, 7) is 5.05. The molecule has 0 unspecified atom stereocenters.